The third-order valence-electron chi connectivity index (χ3n) is 2.01. The van der Waals surface area contributed by atoms with Crippen LogP contribution >= 0.6 is 0 Å². The van der Waals surface area contributed by atoms with Crippen molar-refractivity contribution < 1.29 is 10.2 Å². The first-order chi connectivity index (χ1) is 7.27. The van der Waals surface area contributed by atoms with Gasteiger partial charge in [0.15, 0.2) is 0 Å². The van der Waals surface area contributed by atoms with Crippen molar-refractivity contribution in [1.82, 2.24) is 9.97 Å². The molecule has 1 rings (SSSR count). The summed E-state index contributed by atoms with van der Waals surface area (Å²) < 4.78 is 0. The second-order valence-electron chi connectivity index (χ2n) is 3.35. The van der Waals surface area contributed by atoms with Crippen LogP contribution < -0.4 is 4.90 Å². The molecule has 5 nitrogen and oxygen atoms in total. The number of anilines is 1. The Balaban J connectivity index is 2.65. The molecule has 0 aliphatic carbocycles. The minimum Gasteiger partial charge on any atom is -0.396 e. The van der Waals surface area contributed by atoms with Crippen molar-refractivity contribution in [3.05, 3.63) is 18.0 Å². The van der Waals surface area contributed by atoms with Crippen molar-refractivity contribution in [2.45, 2.75) is 13.3 Å². The van der Waals surface area contributed by atoms with Gasteiger partial charge < -0.3 is 15.1 Å². The molecule has 2 N–H and O–H groups in total. The topological polar surface area (TPSA) is 69.5 Å². The van der Waals surface area contributed by atoms with Gasteiger partial charge >= 0.3 is 0 Å². The van der Waals surface area contributed by atoms with Crippen LogP contribution in [0.25, 0.3) is 0 Å². The van der Waals surface area contributed by atoms with Crippen LogP contribution in [0.5, 0.6) is 0 Å². The molecule has 0 aliphatic heterocycles. The van der Waals surface area contributed by atoms with E-state index in [1.807, 2.05) is 11.8 Å². The predicted octanol–water partition coefficient (Wildman–Crippen LogP) is -0.0339. The summed E-state index contributed by atoms with van der Waals surface area (Å²) in [7, 11) is 0. The van der Waals surface area contributed by atoms with E-state index in [-0.39, 0.29) is 13.2 Å². The molecule has 1 aromatic rings. The predicted molar refractivity (Wildman–Crippen MR) is 57.8 cm³/mol. The Hall–Kier alpha value is -1.20. The SMILES string of the molecule is Cc1cnc(N(CCO)CCCO)nc1. The monoisotopic (exact) mass is 211 g/mol. The number of aryl methyl sites for hydroxylation is 1. The first kappa shape index (κ1) is 11.9. The molecule has 1 aromatic heterocycles. The fourth-order valence-electron chi connectivity index (χ4n) is 1.24. The summed E-state index contributed by atoms with van der Waals surface area (Å²) >= 11 is 0. The number of aromatic nitrogens is 2. The third-order valence-corrected chi connectivity index (χ3v) is 2.01. The molecule has 0 atom stereocenters. The number of aliphatic hydroxyl groups excluding tert-OH is 2. The molecule has 84 valence electrons. The van der Waals surface area contributed by atoms with E-state index in [4.69, 9.17) is 10.2 Å². The van der Waals surface area contributed by atoms with E-state index >= 15 is 0 Å². The van der Waals surface area contributed by atoms with Gasteiger partial charge in [-0.3, -0.25) is 0 Å². The number of rotatable bonds is 6. The summed E-state index contributed by atoms with van der Waals surface area (Å²) in [5.41, 5.74) is 1.00. The number of hydrogen-bond donors (Lipinski definition) is 2. The molecule has 15 heavy (non-hydrogen) atoms. The molecule has 0 bridgehead atoms. The molecule has 0 amide bonds. The Labute approximate surface area is 89.4 Å². The largest absolute Gasteiger partial charge is 0.396 e. The minimum atomic E-state index is 0.0582. The van der Waals surface area contributed by atoms with Crippen molar-refractivity contribution in [3.63, 3.8) is 0 Å². The molecule has 0 radical (unpaired) electrons. The molecule has 0 saturated heterocycles. The van der Waals surface area contributed by atoms with Gasteiger partial charge in [0.1, 0.15) is 0 Å². The Bertz CT molecular complexity index is 277. The standard InChI is InChI=1S/C10H17N3O2/c1-9-7-11-10(12-8-9)13(4-6-15)3-2-5-14/h7-8,14-15H,2-6H2,1H3. The van der Waals surface area contributed by atoms with Crippen LogP contribution in [-0.4, -0.2) is 46.5 Å². The van der Waals surface area contributed by atoms with E-state index in [2.05, 4.69) is 9.97 Å². The van der Waals surface area contributed by atoms with Gasteiger partial charge in [0.05, 0.1) is 6.61 Å². The Morgan fingerprint density at radius 2 is 1.80 bits per heavy atom. The third kappa shape index (κ3) is 3.81. The zero-order chi connectivity index (χ0) is 11.1. The lowest BCUT2D eigenvalue weighted by atomic mass is 10.4. The molecular formula is C10H17N3O2. The van der Waals surface area contributed by atoms with E-state index in [0.717, 1.165) is 5.56 Å². The van der Waals surface area contributed by atoms with E-state index in [9.17, 15) is 0 Å². The molecule has 0 spiro atoms. The van der Waals surface area contributed by atoms with E-state index < -0.39 is 0 Å². The second-order valence-corrected chi connectivity index (χ2v) is 3.35. The van der Waals surface area contributed by atoms with Crippen molar-refractivity contribution in [2.75, 3.05) is 31.2 Å². The second kappa shape index (κ2) is 6.31. The quantitative estimate of drug-likeness (QED) is 0.691. The summed E-state index contributed by atoms with van der Waals surface area (Å²) in [5.74, 6) is 0.600. The maximum atomic E-state index is 8.89. The Kier molecular flexibility index (Phi) is 5.00. The lowest BCUT2D eigenvalue weighted by molar-refractivity contribution is 0.280. The van der Waals surface area contributed by atoms with Gasteiger partial charge in [0, 0.05) is 32.1 Å². The highest BCUT2D eigenvalue weighted by atomic mass is 16.3. The van der Waals surface area contributed by atoms with Crippen LogP contribution in [0.3, 0.4) is 0 Å². The summed E-state index contributed by atoms with van der Waals surface area (Å²) in [6.07, 6.45) is 4.13. The lowest BCUT2D eigenvalue weighted by Crippen LogP contribution is -2.30. The number of aliphatic hydroxyl groups is 2. The first-order valence-electron chi connectivity index (χ1n) is 5.03. The minimum absolute atomic E-state index is 0.0582. The zero-order valence-electron chi connectivity index (χ0n) is 8.93. The van der Waals surface area contributed by atoms with Gasteiger partial charge in [-0.25, -0.2) is 9.97 Å². The van der Waals surface area contributed by atoms with Crippen molar-refractivity contribution in [1.29, 1.82) is 0 Å². The van der Waals surface area contributed by atoms with Crippen molar-refractivity contribution in [3.8, 4) is 0 Å². The van der Waals surface area contributed by atoms with Gasteiger partial charge in [-0.05, 0) is 18.9 Å². The summed E-state index contributed by atoms with van der Waals surface area (Å²) in [4.78, 5) is 10.2. The molecule has 5 heteroatoms. The lowest BCUT2D eigenvalue weighted by Gasteiger charge is -2.20. The van der Waals surface area contributed by atoms with Crippen molar-refractivity contribution in [2.24, 2.45) is 0 Å². The zero-order valence-corrected chi connectivity index (χ0v) is 8.93. The summed E-state index contributed by atoms with van der Waals surface area (Å²) in [6.45, 7) is 3.26. The van der Waals surface area contributed by atoms with Crippen LogP contribution in [0.2, 0.25) is 0 Å². The fraction of sp³-hybridized carbons (Fsp3) is 0.600. The van der Waals surface area contributed by atoms with E-state index in [1.165, 1.54) is 0 Å². The van der Waals surface area contributed by atoms with Crippen LogP contribution in [0.1, 0.15) is 12.0 Å². The number of hydrogen-bond acceptors (Lipinski definition) is 5. The maximum Gasteiger partial charge on any atom is 0.225 e. The summed E-state index contributed by atoms with van der Waals surface area (Å²) in [5, 5.41) is 17.6. The first-order valence-corrected chi connectivity index (χ1v) is 5.03. The number of nitrogens with zero attached hydrogens (tertiary/aromatic N) is 3. The molecule has 0 fully saturated rings. The normalized spacial score (nSPS) is 10.3. The Morgan fingerprint density at radius 3 is 2.33 bits per heavy atom. The van der Waals surface area contributed by atoms with Gasteiger partial charge in [-0.15, -0.1) is 0 Å². The molecule has 0 aromatic carbocycles. The molecular weight excluding hydrogens is 194 g/mol. The molecule has 0 saturated carbocycles. The van der Waals surface area contributed by atoms with Crippen LogP contribution in [0.15, 0.2) is 12.4 Å². The van der Waals surface area contributed by atoms with Gasteiger partial charge in [-0.2, -0.15) is 0 Å². The van der Waals surface area contributed by atoms with E-state index in [1.54, 1.807) is 12.4 Å². The van der Waals surface area contributed by atoms with E-state index in [0.29, 0.717) is 25.5 Å². The molecule has 0 aliphatic rings. The van der Waals surface area contributed by atoms with Crippen LogP contribution in [0.4, 0.5) is 5.95 Å². The van der Waals surface area contributed by atoms with Crippen molar-refractivity contribution >= 4 is 5.95 Å². The maximum absolute atomic E-state index is 8.89. The highest BCUT2D eigenvalue weighted by molar-refractivity contribution is 5.29. The fourth-order valence-corrected chi connectivity index (χ4v) is 1.24. The summed E-state index contributed by atoms with van der Waals surface area (Å²) in [6, 6.07) is 0. The highest BCUT2D eigenvalue weighted by Gasteiger charge is 2.07. The van der Waals surface area contributed by atoms with Gasteiger partial charge in [0.25, 0.3) is 0 Å². The van der Waals surface area contributed by atoms with Crippen LogP contribution in [-0.2, 0) is 0 Å². The van der Waals surface area contributed by atoms with Gasteiger partial charge in [0.2, 0.25) is 5.95 Å². The molecule has 1 heterocycles. The smallest absolute Gasteiger partial charge is 0.225 e. The average Bonchev–Trinajstić information content (AvgIpc) is 2.25. The molecule has 0 unspecified atom stereocenters. The van der Waals surface area contributed by atoms with Crippen LogP contribution in [0, 0.1) is 6.92 Å². The highest BCUT2D eigenvalue weighted by Crippen LogP contribution is 2.06. The van der Waals surface area contributed by atoms with Gasteiger partial charge in [-0.1, -0.05) is 0 Å². The Morgan fingerprint density at radius 1 is 1.13 bits per heavy atom. The average molecular weight is 211 g/mol.